The van der Waals surface area contributed by atoms with Gasteiger partial charge >= 0.3 is 0 Å². The zero-order valence-corrected chi connectivity index (χ0v) is 9.32. The number of anilines is 1. The standard InChI is InChI=1S/C12H16N2O2/c1-8(13)12(15)14-10-4-5-11-9(7-10)3-2-6-16-11/h4-5,7-8H,2-3,6,13H2,1H3,(H,14,15). The summed E-state index contributed by atoms with van der Waals surface area (Å²) in [5, 5.41) is 2.77. The van der Waals surface area contributed by atoms with E-state index >= 15 is 0 Å². The first kappa shape index (κ1) is 11.0. The largest absolute Gasteiger partial charge is 0.493 e. The molecule has 1 aromatic rings. The van der Waals surface area contributed by atoms with Crippen molar-refractivity contribution in [2.24, 2.45) is 5.73 Å². The maximum Gasteiger partial charge on any atom is 0.240 e. The first-order valence-electron chi connectivity index (χ1n) is 5.49. The summed E-state index contributed by atoms with van der Waals surface area (Å²) in [7, 11) is 0. The van der Waals surface area contributed by atoms with Gasteiger partial charge in [-0.15, -0.1) is 0 Å². The number of hydrogen-bond acceptors (Lipinski definition) is 3. The molecule has 1 heterocycles. The number of carbonyl (C=O) groups is 1. The Balaban J connectivity index is 2.14. The minimum Gasteiger partial charge on any atom is -0.493 e. The molecule has 2 rings (SSSR count). The van der Waals surface area contributed by atoms with E-state index in [1.54, 1.807) is 6.92 Å². The number of rotatable bonds is 2. The second-order valence-corrected chi connectivity index (χ2v) is 4.05. The molecule has 0 radical (unpaired) electrons. The predicted octanol–water partition coefficient (Wildman–Crippen LogP) is 1.30. The minimum atomic E-state index is -0.493. The highest BCUT2D eigenvalue weighted by molar-refractivity contribution is 5.94. The molecule has 1 aromatic carbocycles. The van der Waals surface area contributed by atoms with Gasteiger partial charge in [-0.1, -0.05) is 0 Å². The Morgan fingerprint density at radius 3 is 3.12 bits per heavy atom. The Hall–Kier alpha value is -1.55. The van der Waals surface area contributed by atoms with Crippen molar-refractivity contribution in [2.45, 2.75) is 25.8 Å². The van der Waals surface area contributed by atoms with Gasteiger partial charge in [-0.2, -0.15) is 0 Å². The molecule has 1 amide bonds. The predicted molar refractivity (Wildman–Crippen MR) is 62.5 cm³/mol. The van der Waals surface area contributed by atoms with Crippen LogP contribution >= 0.6 is 0 Å². The number of nitrogens with two attached hydrogens (primary N) is 1. The van der Waals surface area contributed by atoms with E-state index in [0.717, 1.165) is 36.4 Å². The molecule has 0 saturated heterocycles. The van der Waals surface area contributed by atoms with Crippen LogP contribution < -0.4 is 15.8 Å². The molecule has 4 heteroatoms. The molecule has 0 saturated carbocycles. The van der Waals surface area contributed by atoms with Crippen LogP contribution in [0.25, 0.3) is 0 Å². The van der Waals surface area contributed by atoms with Crippen molar-refractivity contribution in [1.29, 1.82) is 0 Å². The van der Waals surface area contributed by atoms with E-state index in [1.807, 2.05) is 18.2 Å². The van der Waals surface area contributed by atoms with Crippen molar-refractivity contribution >= 4 is 11.6 Å². The van der Waals surface area contributed by atoms with Crippen LogP contribution in [0.3, 0.4) is 0 Å². The summed E-state index contributed by atoms with van der Waals surface area (Å²) in [5.74, 6) is 0.752. The van der Waals surface area contributed by atoms with Crippen LogP contribution in [0.5, 0.6) is 5.75 Å². The molecule has 16 heavy (non-hydrogen) atoms. The van der Waals surface area contributed by atoms with Crippen LogP contribution in [0.4, 0.5) is 5.69 Å². The smallest absolute Gasteiger partial charge is 0.240 e. The summed E-state index contributed by atoms with van der Waals surface area (Å²) in [6, 6.07) is 5.19. The first-order valence-corrected chi connectivity index (χ1v) is 5.49. The van der Waals surface area contributed by atoms with Crippen molar-refractivity contribution in [3.8, 4) is 5.75 Å². The molecular weight excluding hydrogens is 204 g/mol. The zero-order chi connectivity index (χ0) is 11.5. The van der Waals surface area contributed by atoms with E-state index in [1.165, 1.54) is 0 Å². The van der Waals surface area contributed by atoms with E-state index in [0.29, 0.717) is 0 Å². The molecule has 0 fully saturated rings. The van der Waals surface area contributed by atoms with Gasteiger partial charge in [0, 0.05) is 5.69 Å². The first-order chi connectivity index (χ1) is 7.66. The summed E-state index contributed by atoms with van der Waals surface area (Å²) < 4.78 is 5.49. The fourth-order valence-electron chi connectivity index (χ4n) is 1.69. The SMILES string of the molecule is CC(N)C(=O)Nc1ccc2c(c1)CCCO2. The van der Waals surface area contributed by atoms with Gasteiger partial charge in [0.1, 0.15) is 5.75 Å². The molecule has 86 valence electrons. The van der Waals surface area contributed by atoms with Gasteiger partial charge < -0.3 is 15.8 Å². The lowest BCUT2D eigenvalue weighted by molar-refractivity contribution is -0.117. The molecule has 3 N–H and O–H groups in total. The average Bonchev–Trinajstić information content (AvgIpc) is 2.28. The average molecular weight is 220 g/mol. The van der Waals surface area contributed by atoms with Crippen LogP contribution in [0, 0.1) is 0 Å². The number of ether oxygens (including phenoxy) is 1. The van der Waals surface area contributed by atoms with Gasteiger partial charge in [-0.25, -0.2) is 0 Å². The summed E-state index contributed by atoms with van der Waals surface area (Å²) in [5.41, 5.74) is 7.42. The monoisotopic (exact) mass is 220 g/mol. The van der Waals surface area contributed by atoms with E-state index in [9.17, 15) is 4.79 Å². The minimum absolute atomic E-state index is 0.170. The normalized spacial score (nSPS) is 15.9. The Kier molecular flexibility index (Phi) is 3.10. The third-order valence-corrected chi connectivity index (χ3v) is 2.59. The van der Waals surface area contributed by atoms with Crippen LogP contribution in [0.15, 0.2) is 18.2 Å². The lowest BCUT2D eigenvalue weighted by Crippen LogP contribution is -2.32. The van der Waals surface area contributed by atoms with Crippen molar-refractivity contribution in [3.05, 3.63) is 23.8 Å². The van der Waals surface area contributed by atoms with Gasteiger partial charge in [0.05, 0.1) is 12.6 Å². The molecular formula is C12H16N2O2. The Morgan fingerprint density at radius 1 is 1.56 bits per heavy atom. The van der Waals surface area contributed by atoms with E-state index < -0.39 is 6.04 Å². The second-order valence-electron chi connectivity index (χ2n) is 4.05. The van der Waals surface area contributed by atoms with Crippen LogP contribution in [0.2, 0.25) is 0 Å². The van der Waals surface area contributed by atoms with Crippen molar-refractivity contribution in [2.75, 3.05) is 11.9 Å². The Labute approximate surface area is 94.8 Å². The third kappa shape index (κ3) is 2.33. The molecule has 1 atom stereocenters. The molecule has 1 aliphatic heterocycles. The number of amides is 1. The highest BCUT2D eigenvalue weighted by Gasteiger charge is 2.12. The fourth-order valence-corrected chi connectivity index (χ4v) is 1.69. The van der Waals surface area contributed by atoms with Crippen LogP contribution in [0.1, 0.15) is 18.9 Å². The molecule has 1 unspecified atom stereocenters. The molecule has 0 aromatic heterocycles. The van der Waals surface area contributed by atoms with Crippen LogP contribution in [-0.2, 0) is 11.2 Å². The zero-order valence-electron chi connectivity index (χ0n) is 9.32. The number of carbonyl (C=O) groups excluding carboxylic acids is 1. The Morgan fingerprint density at radius 2 is 2.38 bits per heavy atom. The van der Waals surface area contributed by atoms with E-state index in [2.05, 4.69) is 5.32 Å². The lowest BCUT2D eigenvalue weighted by atomic mass is 10.1. The number of fused-ring (bicyclic) bond motifs is 1. The number of benzene rings is 1. The van der Waals surface area contributed by atoms with Crippen molar-refractivity contribution in [3.63, 3.8) is 0 Å². The second kappa shape index (κ2) is 4.53. The maximum absolute atomic E-state index is 11.4. The summed E-state index contributed by atoms with van der Waals surface area (Å²) in [4.78, 5) is 11.4. The summed E-state index contributed by atoms with van der Waals surface area (Å²) in [6.45, 7) is 2.44. The van der Waals surface area contributed by atoms with Gasteiger partial charge in [0.25, 0.3) is 0 Å². The molecule has 1 aliphatic rings. The number of nitrogens with one attached hydrogen (secondary N) is 1. The topological polar surface area (TPSA) is 64.4 Å². The molecule has 0 spiro atoms. The van der Waals surface area contributed by atoms with Crippen molar-refractivity contribution < 1.29 is 9.53 Å². The molecule has 0 bridgehead atoms. The summed E-state index contributed by atoms with van der Waals surface area (Å²) >= 11 is 0. The van der Waals surface area contributed by atoms with E-state index in [-0.39, 0.29) is 5.91 Å². The highest BCUT2D eigenvalue weighted by atomic mass is 16.5. The fraction of sp³-hybridized carbons (Fsp3) is 0.417. The number of aryl methyl sites for hydroxylation is 1. The maximum atomic E-state index is 11.4. The van der Waals surface area contributed by atoms with Gasteiger partial charge in [0.15, 0.2) is 0 Å². The highest BCUT2D eigenvalue weighted by Crippen LogP contribution is 2.27. The van der Waals surface area contributed by atoms with Gasteiger partial charge in [-0.3, -0.25) is 4.79 Å². The van der Waals surface area contributed by atoms with E-state index in [4.69, 9.17) is 10.5 Å². The van der Waals surface area contributed by atoms with Crippen molar-refractivity contribution in [1.82, 2.24) is 0 Å². The lowest BCUT2D eigenvalue weighted by Gasteiger charge is -2.18. The quantitative estimate of drug-likeness (QED) is 0.789. The summed E-state index contributed by atoms with van der Waals surface area (Å²) in [6.07, 6.45) is 2.02. The number of hydrogen-bond donors (Lipinski definition) is 2. The third-order valence-electron chi connectivity index (χ3n) is 2.59. The van der Waals surface area contributed by atoms with Gasteiger partial charge in [0.2, 0.25) is 5.91 Å². The molecule has 0 aliphatic carbocycles. The van der Waals surface area contributed by atoms with Crippen LogP contribution in [-0.4, -0.2) is 18.6 Å². The molecule has 4 nitrogen and oxygen atoms in total. The van der Waals surface area contributed by atoms with Gasteiger partial charge in [-0.05, 0) is 43.5 Å². The Bertz CT molecular complexity index is 402.